The van der Waals surface area contributed by atoms with Gasteiger partial charge in [-0.25, -0.2) is 8.42 Å². The van der Waals surface area contributed by atoms with Gasteiger partial charge in [0.1, 0.15) is 0 Å². The highest BCUT2D eigenvalue weighted by Crippen LogP contribution is 2.28. The lowest BCUT2D eigenvalue weighted by Gasteiger charge is -2.31. The Kier molecular flexibility index (Phi) is 7.89. The van der Waals surface area contributed by atoms with E-state index in [9.17, 15) is 13.2 Å². The summed E-state index contributed by atoms with van der Waals surface area (Å²) in [4.78, 5) is 14.5. The van der Waals surface area contributed by atoms with Gasteiger partial charge >= 0.3 is 0 Å². The van der Waals surface area contributed by atoms with Crippen LogP contribution in [0.4, 0.5) is 0 Å². The molecule has 8 nitrogen and oxygen atoms in total. The zero-order valence-electron chi connectivity index (χ0n) is 18.6. The number of sulfonamides is 1. The second kappa shape index (κ2) is 10.6. The normalized spacial score (nSPS) is 15.6. The third-order valence-electron chi connectivity index (χ3n) is 5.32. The van der Waals surface area contributed by atoms with E-state index in [0.717, 1.165) is 24.2 Å². The fourth-order valence-electron chi connectivity index (χ4n) is 3.33. The van der Waals surface area contributed by atoms with E-state index in [0.29, 0.717) is 31.1 Å². The number of methoxy groups -OCH3 is 2. The van der Waals surface area contributed by atoms with Crippen LogP contribution in [0.25, 0.3) is 6.08 Å². The Balaban J connectivity index is 1.56. The van der Waals surface area contributed by atoms with Gasteiger partial charge in [-0.05, 0) is 48.5 Å². The number of rotatable bonds is 8. The van der Waals surface area contributed by atoms with Gasteiger partial charge in [0.05, 0.1) is 19.1 Å². The molecule has 1 N–H and O–H groups in total. The van der Waals surface area contributed by atoms with E-state index >= 15 is 0 Å². The second-order valence-electron chi connectivity index (χ2n) is 7.52. The molecule has 1 aliphatic rings. The summed E-state index contributed by atoms with van der Waals surface area (Å²) in [7, 11) is 1.61. The Bertz CT molecular complexity index is 1060. The minimum Gasteiger partial charge on any atom is -0.493 e. The summed E-state index contributed by atoms with van der Waals surface area (Å²) in [5.74, 6) is 0.947. The van der Waals surface area contributed by atoms with Crippen molar-refractivity contribution in [3.63, 3.8) is 0 Å². The van der Waals surface area contributed by atoms with Crippen LogP contribution in [0, 0.1) is 0 Å². The van der Waals surface area contributed by atoms with Crippen LogP contribution in [0.1, 0.15) is 11.1 Å². The largest absolute Gasteiger partial charge is 0.493 e. The molecule has 32 heavy (non-hydrogen) atoms. The van der Waals surface area contributed by atoms with Crippen LogP contribution in [-0.4, -0.2) is 71.0 Å². The molecule has 0 aromatic heterocycles. The van der Waals surface area contributed by atoms with Crippen molar-refractivity contribution < 1.29 is 22.7 Å². The molecular weight excluding hydrogens is 430 g/mol. The number of carbonyl (C=O) groups is 1. The molecule has 172 valence electrons. The molecule has 1 saturated heterocycles. The van der Waals surface area contributed by atoms with Gasteiger partial charge in [-0.15, -0.1) is 0 Å². The van der Waals surface area contributed by atoms with E-state index < -0.39 is 10.0 Å². The van der Waals surface area contributed by atoms with Gasteiger partial charge < -0.3 is 19.7 Å². The number of ether oxygens (including phenoxy) is 2. The number of hydrogen-bond donors (Lipinski definition) is 1. The monoisotopic (exact) mass is 459 g/mol. The Morgan fingerprint density at radius 1 is 1.00 bits per heavy atom. The van der Waals surface area contributed by atoms with Crippen LogP contribution < -0.4 is 14.8 Å². The Hall–Kier alpha value is -2.88. The van der Waals surface area contributed by atoms with Crippen molar-refractivity contribution >= 4 is 22.0 Å². The summed E-state index contributed by atoms with van der Waals surface area (Å²) in [5, 5.41) is 2.80. The van der Waals surface area contributed by atoms with Gasteiger partial charge in [0.25, 0.3) is 0 Å². The molecule has 0 aliphatic carbocycles. The standard InChI is InChI=1S/C23H29N3O5S/c1-25-12-14-26(15-13-25)32(28,29)20-8-4-19(5-9-20)17-24-23(27)11-7-18-6-10-21(30-2)22(16-18)31-3/h4-11,16H,12-15,17H2,1-3H3,(H,24,27)/b11-7+. The van der Waals surface area contributed by atoms with Crippen molar-refractivity contribution in [2.45, 2.75) is 11.4 Å². The number of nitrogens with zero attached hydrogens (tertiary/aromatic N) is 2. The maximum Gasteiger partial charge on any atom is 0.244 e. The summed E-state index contributed by atoms with van der Waals surface area (Å²) in [6, 6.07) is 12.0. The minimum absolute atomic E-state index is 0.256. The zero-order valence-corrected chi connectivity index (χ0v) is 19.4. The molecule has 9 heteroatoms. The molecule has 0 spiro atoms. The molecule has 1 fully saturated rings. The molecular formula is C23H29N3O5S. The number of nitrogens with one attached hydrogen (secondary N) is 1. The van der Waals surface area contributed by atoms with Crippen LogP contribution in [0.3, 0.4) is 0 Å². The topological polar surface area (TPSA) is 88.2 Å². The van der Waals surface area contributed by atoms with Crippen molar-refractivity contribution in [3.05, 3.63) is 59.7 Å². The lowest BCUT2D eigenvalue weighted by Crippen LogP contribution is -2.46. The maximum atomic E-state index is 12.8. The van der Waals surface area contributed by atoms with E-state index in [4.69, 9.17) is 9.47 Å². The van der Waals surface area contributed by atoms with E-state index in [2.05, 4.69) is 10.2 Å². The molecule has 0 saturated carbocycles. The second-order valence-corrected chi connectivity index (χ2v) is 9.45. The van der Waals surface area contributed by atoms with Gasteiger partial charge in [0, 0.05) is 38.8 Å². The van der Waals surface area contributed by atoms with Crippen molar-refractivity contribution in [3.8, 4) is 11.5 Å². The van der Waals surface area contributed by atoms with E-state index in [1.165, 1.54) is 10.4 Å². The molecule has 2 aromatic carbocycles. The summed E-state index contributed by atoms with van der Waals surface area (Å²) in [6.07, 6.45) is 3.12. The van der Waals surface area contributed by atoms with Crippen molar-refractivity contribution in [2.24, 2.45) is 0 Å². The fourth-order valence-corrected chi connectivity index (χ4v) is 4.76. The molecule has 0 bridgehead atoms. The first-order valence-corrected chi connectivity index (χ1v) is 11.7. The predicted octanol–water partition coefficient (Wildman–Crippen LogP) is 1.97. The first-order chi connectivity index (χ1) is 15.3. The van der Waals surface area contributed by atoms with E-state index in [-0.39, 0.29) is 10.8 Å². The predicted molar refractivity (Wildman–Crippen MR) is 123 cm³/mol. The van der Waals surface area contributed by atoms with Crippen LogP contribution >= 0.6 is 0 Å². The number of likely N-dealkylation sites (N-methyl/N-ethyl adjacent to an activating group) is 1. The summed E-state index contributed by atoms with van der Waals surface area (Å²) in [5.41, 5.74) is 1.62. The lowest BCUT2D eigenvalue weighted by atomic mass is 10.2. The molecule has 3 rings (SSSR count). The highest BCUT2D eigenvalue weighted by molar-refractivity contribution is 7.89. The molecule has 2 aromatic rings. The summed E-state index contributed by atoms with van der Waals surface area (Å²) >= 11 is 0. The van der Waals surface area contributed by atoms with Crippen LogP contribution in [-0.2, 0) is 21.4 Å². The first-order valence-electron chi connectivity index (χ1n) is 10.3. The van der Waals surface area contributed by atoms with Crippen molar-refractivity contribution in [1.29, 1.82) is 0 Å². The van der Waals surface area contributed by atoms with Gasteiger partial charge in [-0.1, -0.05) is 18.2 Å². The molecule has 0 radical (unpaired) electrons. The van der Waals surface area contributed by atoms with Gasteiger partial charge in [-0.3, -0.25) is 4.79 Å². The van der Waals surface area contributed by atoms with E-state index in [1.807, 2.05) is 13.1 Å². The van der Waals surface area contributed by atoms with E-state index in [1.54, 1.807) is 56.7 Å². The number of piperazine rings is 1. The Morgan fingerprint density at radius 3 is 2.28 bits per heavy atom. The third kappa shape index (κ3) is 5.87. The molecule has 0 unspecified atom stereocenters. The van der Waals surface area contributed by atoms with Crippen molar-refractivity contribution in [1.82, 2.24) is 14.5 Å². The lowest BCUT2D eigenvalue weighted by molar-refractivity contribution is -0.116. The quantitative estimate of drug-likeness (QED) is 0.608. The third-order valence-corrected chi connectivity index (χ3v) is 7.24. The van der Waals surface area contributed by atoms with Gasteiger partial charge in [-0.2, -0.15) is 4.31 Å². The number of carbonyl (C=O) groups excluding carboxylic acids is 1. The summed E-state index contributed by atoms with van der Waals surface area (Å²) < 4.78 is 37.6. The minimum atomic E-state index is -3.49. The number of amides is 1. The van der Waals surface area contributed by atoms with Gasteiger partial charge in [0.2, 0.25) is 15.9 Å². The average molecular weight is 460 g/mol. The average Bonchev–Trinajstić information content (AvgIpc) is 2.81. The Labute approximate surface area is 189 Å². The molecule has 1 aliphatic heterocycles. The molecule has 0 atom stereocenters. The molecule has 1 heterocycles. The zero-order chi connectivity index (χ0) is 23.1. The smallest absolute Gasteiger partial charge is 0.244 e. The van der Waals surface area contributed by atoms with Gasteiger partial charge in [0.15, 0.2) is 11.5 Å². The van der Waals surface area contributed by atoms with Crippen molar-refractivity contribution in [2.75, 3.05) is 47.4 Å². The highest BCUT2D eigenvalue weighted by Gasteiger charge is 2.27. The van der Waals surface area contributed by atoms with Crippen LogP contribution in [0.5, 0.6) is 11.5 Å². The fraction of sp³-hybridized carbons (Fsp3) is 0.348. The number of hydrogen-bond acceptors (Lipinski definition) is 6. The van der Waals surface area contributed by atoms with Crippen LogP contribution in [0.15, 0.2) is 53.4 Å². The maximum absolute atomic E-state index is 12.8. The van der Waals surface area contributed by atoms with Crippen LogP contribution in [0.2, 0.25) is 0 Å². The molecule has 1 amide bonds. The SMILES string of the molecule is COc1ccc(/C=C/C(=O)NCc2ccc(S(=O)(=O)N3CCN(C)CC3)cc2)cc1OC. The first kappa shape index (κ1) is 23.8. The Morgan fingerprint density at radius 2 is 1.66 bits per heavy atom. The summed E-state index contributed by atoms with van der Waals surface area (Å²) in [6.45, 7) is 2.72. The number of benzene rings is 2. The highest BCUT2D eigenvalue weighted by atomic mass is 32.2.